The summed E-state index contributed by atoms with van der Waals surface area (Å²) in [6.45, 7) is 5.42. The van der Waals surface area contributed by atoms with Crippen LogP contribution in [0.4, 0.5) is 0 Å². The highest BCUT2D eigenvalue weighted by Gasteiger charge is 2.22. The van der Waals surface area contributed by atoms with Crippen LogP contribution in [-0.2, 0) is 4.74 Å². The fraction of sp³-hybridized carbons (Fsp3) is 0.208. The van der Waals surface area contributed by atoms with Crippen LogP contribution in [0.25, 0.3) is 16.7 Å². The molecule has 0 unspecified atom stereocenters. The van der Waals surface area contributed by atoms with Crippen molar-refractivity contribution in [1.29, 1.82) is 0 Å². The van der Waals surface area contributed by atoms with Crippen LogP contribution in [0.1, 0.15) is 47.5 Å². The first kappa shape index (κ1) is 23.7. The Labute approximate surface area is 204 Å². The fourth-order valence-corrected chi connectivity index (χ4v) is 3.99. The van der Waals surface area contributed by atoms with E-state index in [0.717, 1.165) is 0 Å². The molecule has 0 aliphatic heterocycles. The summed E-state index contributed by atoms with van der Waals surface area (Å²) in [5.74, 6) is -1.43. The molecule has 0 radical (unpaired) electrons. The van der Waals surface area contributed by atoms with Crippen molar-refractivity contribution >= 4 is 51.8 Å². The first-order valence-electron chi connectivity index (χ1n) is 10.5. The molecule has 0 fully saturated rings. The van der Waals surface area contributed by atoms with Crippen LogP contribution in [0.15, 0.2) is 58.4 Å². The van der Waals surface area contributed by atoms with Gasteiger partial charge in [0.05, 0.1) is 22.6 Å². The first-order valence-corrected chi connectivity index (χ1v) is 11.3. The van der Waals surface area contributed by atoms with Crippen molar-refractivity contribution in [3.63, 3.8) is 0 Å². The standard InChI is InChI=1S/C24H20Cl2N4O4/c1-4-34-24(33)17-12-16-20(27-19-7-5-6-10-29(19)23(16)32)30(13(2)3)21(17)28-22(31)15-11-14(25)8-9-18(15)26/h5-13H,4H2,1-3H3. The Hall–Kier alpha value is -3.49. The molecule has 0 saturated heterocycles. The number of carbonyl (C=O) groups excluding carboxylic acids is 2. The van der Waals surface area contributed by atoms with Gasteiger partial charge in [0.25, 0.3) is 11.5 Å². The van der Waals surface area contributed by atoms with Crippen LogP contribution in [0, 0.1) is 0 Å². The number of nitrogens with zero attached hydrogens (tertiary/aromatic N) is 4. The molecule has 34 heavy (non-hydrogen) atoms. The molecule has 0 atom stereocenters. The van der Waals surface area contributed by atoms with Gasteiger partial charge >= 0.3 is 5.97 Å². The van der Waals surface area contributed by atoms with Gasteiger partial charge in [-0.1, -0.05) is 29.3 Å². The number of esters is 1. The highest BCUT2D eigenvalue weighted by Crippen LogP contribution is 2.22. The molecular formula is C24H20Cl2N4O4. The number of hydrogen-bond donors (Lipinski definition) is 0. The monoisotopic (exact) mass is 498 g/mol. The number of ether oxygens (including phenoxy) is 1. The molecular weight excluding hydrogens is 479 g/mol. The van der Waals surface area contributed by atoms with Crippen LogP contribution >= 0.6 is 23.2 Å². The predicted molar refractivity (Wildman–Crippen MR) is 130 cm³/mol. The van der Waals surface area contributed by atoms with Crippen LogP contribution in [-0.4, -0.2) is 32.4 Å². The predicted octanol–water partition coefficient (Wildman–Crippen LogP) is 4.45. The van der Waals surface area contributed by atoms with Crippen molar-refractivity contribution in [2.24, 2.45) is 4.99 Å². The molecule has 0 aliphatic carbocycles. The summed E-state index contributed by atoms with van der Waals surface area (Å²) >= 11 is 12.2. The van der Waals surface area contributed by atoms with E-state index in [9.17, 15) is 14.4 Å². The van der Waals surface area contributed by atoms with Gasteiger partial charge in [0.1, 0.15) is 16.9 Å². The number of rotatable bonds is 4. The van der Waals surface area contributed by atoms with Gasteiger partial charge in [0.2, 0.25) is 0 Å². The molecule has 174 valence electrons. The lowest BCUT2D eigenvalue weighted by atomic mass is 10.1. The second-order valence-corrected chi connectivity index (χ2v) is 8.53. The zero-order valence-corrected chi connectivity index (χ0v) is 20.1. The number of hydrogen-bond acceptors (Lipinski definition) is 5. The molecule has 1 amide bonds. The van der Waals surface area contributed by atoms with E-state index in [1.807, 2.05) is 13.8 Å². The van der Waals surface area contributed by atoms with Gasteiger partial charge in [0, 0.05) is 17.3 Å². The number of fused-ring (bicyclic) bond motifs is 2. The summed E-state index contributed by atoms with van der Waals surface area (Å²) in [5, 5.41) is 0.660. The first-order chi connectivity index (χ1) is 16.2. The van der Waals surface area contributed by atoms with E-state index in [1.54, 1.807) is 42.0 Å². The molecule has 0 N–H and O–H groups in total. The number of halogens is 2. The van der Waals surface area contributed by atoms with E-state index in [1.165, 1.54) is 22.6 Å². The van der Waals surface area contributed by atoms with E-state index in [-0.39, 0.29) is 50.9 Å². The molecule has 8 nitrogen and oxygen atoms in total. The average Bonchev–Trinajstić information content (AvgIpc) is 2.80. The molecule has 0 aliphatic rings. The lowest BCUT2D eigenvalue weighted by Gasteiger charge is -2.17. The molecule has 0 saturated carbocycles. The minimum absolute atomic E-state index is 0.00849. The second kappa shape index (κ2) is 9.40. The Balaban J connectivity index is 2.16. The van der Waals surface area contributed by atoms with Gasteiger partial charge in [0.15, 0.2) is 5.49 Å². The molecule has 0 spiro atoms. The zero-order chi connectivity index (χ0) is 24.6. The highest BCUT2D eigenvalue weighted by molar-refractivity contribution is 6.35. The topological polar surface area (TPSA) is 95.0 Å². The molecule has 4 aromatic rings. The van der Waals surface area contributed by atoms with Crippen molar-refractivity contribution in [1.82, 2.24) is 14.0 Å². The van der Waals surface area contributed by atoms with Gasteiger partial charge in [-0.15, -0.1) is 0 Å². The van der Waals surface area contributed by atoms with E-state index in [0.29, 0.717) is 10.7 Å². The summed E-state index contributed by atoms with van der Waals surface area (Å²) < 4.78 is 8.17. The zero-order valence-electron chi connectivity index (χ0n) is 18.6. The van der Waals surface area contributed by atoms with Gasteiger partial charge in [-0.25, -0.2) is 9.78 Å². The van der Waals surface area contributed by atoms with Crippen LogP contribution in [0.3, 0.4) is 0 Å². The number of amides is 1. The maximum Gasteiger partial charge on any atom is 0.341 e. The quantitative estimate of drug-likeness (QED) is 0.305. The van der Waals surface area contributed by atoms with Crippen LogP contribution < -0.4 is 11.0 Å². The third-order valence-electron chi connectivity index (χ3n) is 5.11. The largest absolute Gasteiger partial charge is 0.462 e. The number of pyridine rings is 2. The number of aromatic nitrogens is 3. The maximum absolute atomic E-state index is 13.3. The lowest BCUT2D eigenvalue weighted by Crippen LogP contribution is -2.33. The van der Waals surface area contributed by atoms with Crippen molar-refractivity contribution in [3.05, 3.63) is 85.7 Å². The summed E-state index contributed by atoms with van der Waals surface area (Å²) in [5.41, 5.74) is 0.372. The molecule has 3 heterocycles. The number of carbonyl (C=O) groups is 2. The average molecular weight is 499 g/mol. The van der Waals surface area contributed by atoms with Crippen molar-refractivity contribution in [2.45, 2.75) is 26.8 Å². The SMILES string of the molecule is CCOC(=O)c1cc2c(=O)n3ccccc3nc2n(C(C)C)c1=NC(=O)c1cc(Cl)ccc1Cl. The van der Waals surface area contributed by atoms with E-state index < -0.39 is 11.9 Å². The van der Waals surface area contributed by atoms with Crippen molar-refractivity contribution < 1.29 is 14.3 Å². The Morgan fingerprint density at radius 3 is 2.59 bits per heavy atom. The minimum atomic E-state index is -0.722. The summed E-state index contributed by atoms with van der Waals surface area (Å²) in [4.78, 5) is 48.2. The van der Waals surface area contributed by atoms with Gasteiger partial charge in [-0.2, -0.15) is 4.99 Å². The summed E-state index contributed by atoms with van der Waals surface area (Å²) in [6, 6.07) is 10.7. The Morgan fingerprint density at radius 2 is 1.88 bits per heavy atom. The normalized spacial score (nSPS) is 12.0. The van der Waals surface area contributed by atoms with Gasteiger partial charge < -0.3 is 9.30 Å². The third kappa shape index (κ3) is 4.22. The van der Waals surface area contributed by atoms with Crippen LogP contribution in [0.5, 0.6) is 0 Å². The van der Waals surface area contributed by atoms with Crippen LogP contribution in [0.2, 0.25) is 10.0 Å². The van der Waals surface area contributed by atoms with Gasteiger partial charge in [-0.05, 0) is 57.2 Å². The van der Waals surface area contributed by atoms with E-state index >= 15 is 0 Å². The van der Waals surface area contributed by atoms with Gasteiger partial charge in [-0.3, -0.25) is 14.0 Å². The van der Waals surface area contributed by atoms with Crippen molar-refractivity contribution in [2.75, 3.05) is 6.61 Å². The van der Waals surface area contributed by atoms with E-state index in [2.05, 4.69) is 9.98 Å². The summed E-state index contributed by atoms with van der Waals surface area (Å²) in [6.07, 6.45) is 1.59. The Kier molecular flexibility index (Phi) is 6.54. The number of benzene rings is 1. The summed E-state index contributed by atoms with van der Waals surface area (Å²) in [7, 11) is 0. The third-order valence-corrected chi connectivity index (χ3v) is 5.68. The van der Waals surface area contributed by atoms with Crippen molar-refractivity contribution in [3.8, 4) is 0 Å². The molecule has 4 rings (SSSR count). The maximum atomic E-state index is 13.3. The molecule has 10 heteroatoms. The smallest absolute Gasteiger partial charge is 0.341 e. The highest BCUT2D eigenvalue weighted by atomic mass is 35.5. The Morgan fingerprint density at radius 1 is 1.12 bits per heavy atom. The fourth-order valence-electron chi connectivity index (χ4n) is 3.62. The Bertz CT molecular complexity index is 1590. The molecule has 3 aromatic heterocycles. The minimum Gasteiger partial charge on any atom is -0.462 e. The molecule has 0 bridgehead atoms. The van der Waals surface area contributed by atoms with E-state index in [4.69, 9.17) is 27.9 Å². The second-order valence-electron chi connectivity index (χ2n) is 7.69. The molecule has 1 aromatic carbocycles. The lowest BCUT2D eigenvalue weighted by molar-refractivity contribution is 0.0523.